The van der Waals surface area contributed by atoms with Crippen LogP contribution in [-0.4, -0.2) is 43.2 Å². The third-order valence-corrected chi connectivity index (χ3v) is 4.70. The Hall–Kier alpha value is -3.03. The van der Waals surface area contributed by atoms with Crippen molar-refractivity contribution >= 4 is 17.5 Å². The second kappa shape index (κ2) is 8.77. The van der Waals surface area contributed by atoms with Crippen LogP contribution in [0.4, 0.5) is 11.6 Å². The number of nitrogens with one attached hydrogen (secondary N) is 2. The predicted octanol–water partition coefficient (Wildman–Crippen LogP) is 3.42. The Bertz CT molecular complexity index is 825. The topological polar surface area (TPSA) is 94.6 Å². The van der Waals surface area contributed by atoms with E-state index < -0.39 is 0 Å². The molecule has 1 aliphatic carbocycles. The Morgan fingerprint density at radius 2 is 1.64 bits per heavy atom. The van der Waals surface area contributed by atoms with Gasteiger partial charge >= 0.3 is 0 Å². The minimum absolute atomic E-state index is 0.293. The lowest BCUT2D eigenvalue weighted by Gasteiger charge is -2.15. The van der Waals surface area contributed by atoms with Crippen LogP contribution in [-0.2, 0) is 0 Å². The van der Waals surface area contributed by atoms with Gasteiger partial charge in [-0.05, 0) is 25.8 Å². The van der Waals surface area contributed by atoms with E-state index >= 15 is 0 Å². The first kappa shape index (κ1) is 19.7. The Morgan fingerprint density at radius 1 is 1.00 bits per heavy atom. The molecule has 2 N–H and O–H groups in total. The van der Waals surface area contributed by atoms with Gasteiger partial charge in [-0.25, -0.2) is 9.97 Å². The molecule has 1 saturated carbocycles. The van der Waals surface area contributed by atoms with Crippen LogP contribution in [0.25, 0.3) is 0 Å². The summed E-state index contributed by atoms with van der Waals surface area (Å²) in [6.07, 6.45) is 4.62. The zero-order valence-electron chi connectivity index (χ0n) is 16.7. The van der Waals surface area contributed by atoms with Gasteiger partial charge in [-0.2, -0.15) is 0 Å². The molecule has 0 spiro atoms. The molecule has 8 nitrogen and oxygen atoms in total. The highest BCUT2D eigenvalue weighted by molar-refractivity contribution is 6.03. The highest BCUT2D eigenvalue weighted by atomic mass is 16.5. The third kappa shape index (κ3) is 4.44. The number of benzene rings is 1. The molecular formula is C20H26N4O4. The number of nitrogens with zero attached hydrogens (tertiary/aromatic N) is 2. The van der Waals surface area contributed by atoms with Crippen LogP contribution in [0.5, 0.6) is 17.2 Å². The highest BCUT2D eigenvalue weighted by Gasteiger charge is 2.19. The van der Waals surface area contributed by atoms with Gasteiger partial charge in [-0.3, -0.25) is 4.79 Å². The molecule has 2 aromatic rings. The van der Waals surface area contributed by atoms with Crippen LogP contribution in [0.1, 0.15) is 41.9 Å². The van der Waals surface area contributed by atoms with Gasteiger partial charge in [0.25, 0.3) is 5.91 Å². The molecule has 0 atom stereocenters. The zero-order valence-corrected chi connectivity index (χ0v) is 16.7. The van der Waals surface area contributed by atoms with Crippen LogP contribution in [0.3, 0.4) is 0 Å². The maximum absolute atomic E-state index is 12.8. The second-order valence-electron chi connectivity index (χ2n) is 6.71. The van der Waals surface area contributed by atoms with Crippen molar-refractivity contribution < 1.29 is 19.0 Å². The molecule has 28 heavy (non-hydrogen) atoms. The molecule has 1 aromatic carbocycles. The van der Waals surface area contributed by atoms with Gasteiger partial charge in [0.2, 0.25) is 11.7 Å². The number of hydrogen-bond donors (Lipinski definition) is 2. The van der Waals surface area contributed by atoms with E-state index in [0.717, 1.165) is 18.5 Å². The minimum Gasteiger partial charge on any atom is -0.493 e. The predicted molar refractivity (Wildman–Crippen MR) is 107 cm³/mol. The van der Waals surface area contributed by atoms with Crippen molar-refractivity contribution in [2.75, 3.05) is 32.0 Å². The first-order chi connectivity index (χ1) is 13.5. The number of carbonyl (C=O) groups excluding carboxylic acids is 1. The summed E-state index contributed by atoms with van der Waals surface area (Å²) in [5.41, 5.74) is 1.54. The molecule has 3 rings (SSSR count). The van der Waals surface area contributed by atoms with Crippen molar-refractivity contribution in [2.24, 2.45) is 0 Å². The number of hydrogen-bond acceptors (Lipinski definition) is 7. The molecule has 150 valence electrons. The summed E-state index contributed by atoms with van der Waals surface area (Å²) in [7, 11) is 4.58. The summed E-state index contributed by atoms with van der Waals surface area (Å²) >= 11 is 0. The van der Waals surface area contributed by atoms with Gasteiger partial charge in [0.15, 0.2) is 11.5 Å². The largest absolute Gasteiger partial charge is 0.493 e. The van der Waals surface area contributed by atoms with Crippen molar-refractivity contribution in [3.63, 3.8) is 0 Å². The van der Waals surface area contributed by atoms with Crippen molar-refractivity contribution in [3.05, 3.63) is 29.6 Å². The van der Waals surface area contributed by atoms with E-state index in [9.17, 15) is 4.79 Å². The fourth-order valence-electron chi connectivity index (χ4n) is 3.35. The SMILES string of the molecule is COc1cc(NC(=O)c2cc(C)nc(NC3CCCC3)n2)cc(OC)c1OC. The molecule has 0 bridgehead atoms. The molecule has 8 heteroatoms. The normalized spacial score (nSPS) is 13.9. The maximum atomic E-state index is 12.8. The molecule has 1 aliphatic rings. The number of anilines is 2. The monoisotopic (exact) mass is 386 g/mol. The third-order valence-electron chi connectivity index (χ3n) is 4.70. The molecule has 1 aromatic heterocycles. The Balaban J connectivity index is 1.81. The van der Waals surface area contributed by atoms with Crippen molar-refractivity contribution in [1.82, 2.24) is 9.97 Å². The molecule has 1 amide bonds. The van der Waals surface area contributed by atoms with Gasteiger partial charge in [-0.1, -0.05) is 12.8 Å². The highest BCUT2D eigenvalue weighted by Crippen LogP contribution is 2.40. The van der Waals surface area contributed by atoms with E-state index in [-0.39, 0.29) is 5.91 Å². The van der Waals surface area contributed by atoms with E-state index in [1.807, 2.05) is 6.92 Å². The van der Waals surface area contributed by atoms with Gasteiger partial charge in [0.05, 0.1) is 21.3 Å². The number of rotatable bonds is 7. The Labute approximate surface area is 164 Å². The quantitative estimate of drug-likeness (QED) is 0.753. The first-order valence-electron chi connectivity index (χ1n) is 9.27. The van der Waals surface area contributed by atoms with Crippen LogP contribution in [0.2, 0.25) is 0 Å². The van der Waals surface area contributed by atoms with E-state index in [1.165, 1.54) is 34.2 Å². The molecule has 1 fully saturated rings. The standard InChI is InChI=1S/C20H26N4O4/c1-12-9-15(24-20(21-12)23-13-7-5-6-8-13)19(25)22-14-10-16(26-2)18(28-4)17(11-14)27-3/h9-11,13H,5-8H2,1-4H3,(H,22,25)(H,21,23,24). The molecule has 1 heterocycles. The van der Waals surface area contributed by atoms with Gasteiger partial charge in [0.1, 0.15) is 5.69 Å². The lowest BCUT2D eigenvalue weighted by Crippen LogP contribution is -2.20. The number of ether oxygens (including phenoxy) is 3. The summed E-state index contributed by atoms with van der Waals surface area (Å²) in [6, 6.07) is 5.37. The summed E-state index contributed by atoms with van der Waals surface area (Å²) < 4.78 is 16.0. The van der Waals surface area contributed by atoms with Crippen LogP contribution < -0.4 is 24.8 Å². The van der Waals surface area contributed by atoms with Crippen molar-refractivity contribution in [1.29, 1.82) is 0 Å². The lowest BCUT2D eigenvalue weighted by molar-refractivity contribution is 0.102. The smallest absolute Gasteiger partial charge is 0.274 e. The van der Waals surface area contributed by atoms with E-state index in [2.05, 4.69) is 20.6 Å². The number of methoxy groups -OCH3 is 3. The molecule has 0 unspecified atom stereocenters. The average Bonchev–Trinajstić information content (AvgIpc) is 3.19. The molecular weight excluding hydrogens is 360 g/mol. The average molecular weight is 386 g/mol. The van der Waals surface area contributed by atoms with Gasteiger partial charge in [0, 0.05) is 29.6 Å². The summed E-state index contributed by atoms with van der Waals surface area (Å²) in [5, 5.41) is 6.17. The Morgan fingerprint density at radius 3 is 2.21 bits per heavy atom. The summed E-state index contributed by atoms with van der Waals surface area (Å²) in [4.78, 5) is 21.6. The Kier molecular flexibility index (Phi) is 6.18. The summed E-state index contributed by atoms with van der Waals surface area (Å²) in [5.74, 6) is 1.53. The van der Waals surface area contributed by atoms with Crippen molar-refractivity contribution in [3.8, 4) is 17.2 Å². The van der Waals surface area contributed by atoms with E-state index in [0.29, 0.717) is 40.6 Å². The molecule has 0 aliphatic heterocycles. The second-order valence-corrected chi connectivity index (χ2v) is 6.71. The zero-order chi connectivity index (χ0) is 20.1. The summed E-state index contributed by atoms with van der Waals surface area (Å²) in [6.45, 7) is 1.84. The lowest BCUT2D eigenvalue weighted by atomic mass is 10.2. The van der Waals surface area contributed by atoms with Crippen LogP contribution in [0.15, 0.2) is 18.2 Å². The first-order valence-corrected chi connectivity index (χ1v) is 9.27. The molecule has 0 saturated heterocycles. The van der Waals surface area contributed by atoms with Gasteiger partial charge < -0.3 is 24.8 Å². The van der Waals surface area contributed by atoms with Gasteiger partial charge in [-0.15, -0.1) is 0 Å². The fraction of sp³-hybridized carbons (Fsp3) is 0.450. The number of aryl methyl sites for hydroxylation is 1. The number of amides is 1. The number of carbonyl (C=O) groups is 1. The van der Waals surface area contributed by atoms with E-state index in [1.54, 1.807) is 18.2 Å². The fourth-order valence-corrected chi connectivity index (χ4v) is 3.35. The number of aromatic nitrogens is 2. The maximum Gasteiger partial charge on any atom is 0.274 e. The van der Waals surface area contributed by atoms with Crippen molar-refractivity contribution in [2.45, 2.75) is 38.6 Å². The van der Waals surface area contributed by atoms with Crippen LogP contribution in [0, 0.1) is 6.92 Å². The molecule has 0 radical (unpaired) electrons. The van der Waals surface area contributed by atoms with E-state index in [4.69, 9.17) is 14.2 Å². The van der Waals surface area contributed by atoms with Crippen LogP contribution >= 0.6 is 0 Å². The minimum atomic E-state index is -0.339.